The molecule has 61 valence electrons. The van der Waals surface area contributed by atoms with Crippen molar-refractivity contribution in [3.8, 4) is 0 Å². The van der Waals surface area contributed by atoms with Crippen molar-refractivity contribution in [2.75, 3.05) is 0 Å². The molecule has 0 heterocycles. The standard InChI is InChI=1S/3C2H5.H2O2.V/c4*1-2;/h3*1H2,2H3;1-2H;/q3*-1;;. The van der Waals surface area contributed by atoms with Gasteiger partial charge in [0.2, 0.25) is 0 Å². The third-order valence-corrected chi connectivity index (χ3v) is 0. The first-order valence-corrected chi connectivity index (χ1v) is 2.32. The van der Waals surface area contributed by atoms with Gasteiger partial charge in [0.1, 0.15) is 0 Å². The van der Waals surface area contributed by atoms with E-state index in [2.05, 4.69) is 20.8 Å². The molecule has 0 aromatic heterocycles. The second kappa shape index (κ2) is 1880. The minimum absolute atomic E-state index is 0. The number of hydrogen-bond donors (Lipinski definition) is 2. The van der Waals surface area contributed by atoms with Crippen molar-refractivity contribution in [3.63, 3.8) is 0 Å². The van der Waals surface area contributed by atoms with Gasteiger partial charge in [-0.2, -0.15) is 20.8 Å². The van der Waals surface area contributed by atoms with Crippen LogP contribution in [0.15, 0.2) is 0 Å². The minimum Gasteiger partial charge on any atom is -0.346 e. The molecule has 0 spiro atoms. The van der Waals surface area contributed by atoms with Gasteiger partial charge in [-0.25, -0.2) is 0 Å². The molecule has 0 fully saturated rings. The molecular weight excluding hydrogens is 155 g/mol. The maximum Gasteiger partial charge on any atom is 0 e. The van der Waals surface area contributed by atoms with Gasteiger partial charge in [0.25, 0.3) is 0 Å². The quantitative estimate of drug-likeness (QED) is 0.335. The van der Waals surface area contributed by atoms with Gasteiger partial charge in [0.15, 0.2) is 0 Å². The Morgan fingerprint density at radius 2 is 0.667 bits per heavy atom. The van der Waals surface area contributed by atoms with Crippen LogP contribution < -0.4 is 0 Å². The van der Waals surface area contributed by atoms with E-state index < -0.39 is 0 Å². The monoisotopic (exact) mass is 172 g/mol. The molecule has 0 aromatic carbocycles. The molecule has 0 saturated heterocycles. The molecule has 0 saturated carbocycles. The fourth-order valence-electron chi connectivity index (χ4n) is 0. The Labute approximate surface area is 71.1 Å². The Hall–Kier alpha value is 0.504. The molecule has 2 nitrogen and oxygen atoms in total. The van der Waals surface area contributed by atoms with E-state index in [0.717, 1.165) is 0 Å². The molecule has 2 N–H and O–H groups in total. The van der Waals surface area contributed by atoms with Crippen LogP contribution in [-0.4, -0.2) is 10.5 Å². The molecule has 0 unspecified atom stereocenters. The predicted molar refractivity (Wildman–Crippen MR) is 38.4 cm³/mol. The molecular formula is C6H17O2V-3. The Morgan fingerprint density at radius 1 is 0.667 bits per heavy atom. The molecule has 0 amide bonds. The fourth-order valence-corrected chi connectivity index (χ4v) is 0. The van der Waals surface area contributed by atoms with Crippen molar-refractivity contribution in [3.05, 3.63) is 20.8 Å². The van der Waals surface area contributed by atoms with Crippen LogP contribution in [0.5, 0.6) is 0 Å². The van der Waals surface area contributed by atoms with Crippen LogP contribution in [0.1, 0.15) is 20.8 Å². The second-order valence-electron chi connectivity index (χ2n) is 0. The Kier molecular flexibility index (Phi) is 7090. The zero-order valence-corrected chi connectivity index (χ0v) is 7.86. The van der Waals surface area contributed by atoms with Crippen molar-refractivity contribution in [1.82, 2.24) is 0 Å². The van der Waals surface area contributed by atoms with E-state index in [1.54, 1.807) is 20.8 Å². The molecule has 0 atom stereocenters. The smallest absolute Gasteiger partial charge is 0 e. The number of hydrogen-bond acceptors (Lipinski definition) is 2. The van der Waals surface area contributed by atoms with Gasteiger partial charge in [-0.15, -0.1) is 0 Å². The summed E-state index contributed by atoms with van der Waals surface area (Å²) in [5.74, 6) is 0. The van der Waals surface area contributed by atoms with Crippen LogP contribution in [0.3, 0.4) is 0 Å². The van der Waals surface area contributed by atoms with Crippen LogP contribution in [0.2, 0.25) is 0 Å². The van der Waals surface area contributed by atoms with Gasteiger partial charge < -0.3 is 20.8 Å². The summed E-state index contributed by atoms with van der Waals surface area (Å²) in [6.45, 7) is 15.0. The van der Waals surface area contributed by atoms with E-state index in [-0.39, 0.29) is 18.6 Å². The van der Waals surface area contributed by atoms with Gasteiger partial charge in [-0.05, 0) is 0 Å². The average Bonchev–Trinajstić information content (AvgIpc) is 2.03. The summed E-state index contributed by atoms with van der Waals surface area (Å²) in [5.41, 5.74) is 0. The summed E-state index contributed by atoms with van der Waals surface area (Å²) in [6.07, 6.45) is 0. The average molecular weight is 172 g/mol. The first-order valence-electron chi connectivity index (χ1n) is 2.32. The van der Waals surface area contributed by atoms with E-state index in [9.17, 15) is 0 Å². The van der Waals surface area contributed by atoms with Gasteiger partial charge in [-0.1, -0.05) is 0 Å². The molecule has 9 heavy (non-hydrogen) atoms. The fraction of sp³-hybridized carbons (Fsp3) is 0.500. The van der Waals surface area contributed by atoms with Gasteiger partial charge in [0.05, 0.1) is 0 Å². The van der Waals surface area contributed by atoms with Gasteiger partial charge in [0, 0.05) is 18.6 Å². The maximum atomic E-state index is 6.00. The van der Waals surface area contributed by atoms with E-state index in [0.29, 0.717) is 0 Å². The summed E-state index contributed by atoms with van der Waals surface area (Å²) in [5, 5.41) is 12.0. The topological polar surface area (TPSA) is 40.5 Å². The van der Waals surface area contributed by atoms with Crippen molar-refractivity contribution in [2.45, 2.75) is 20.8 Å². The van der Waals surface area contributed by atoms with E-state index in [4.69, 9.17) is 10.5 Å². The maximum absolute atomic E-state index is 6.00. The number of rotatable bonds is 0. The molecule has 0 rings (SSSR count). The summed E-state index contributed by atoms with van der Waals surface area (Å²) in [7, 11) is 0. The molecule has 0 aromatic rings. The van der Waals surface area contributed by atoms with Crippen LogP contribution >= 0.6 is 0 Å². The first kappa shape index (κ1) is 33.9. The van der Waals surface area contributed by atoms with E-state index in [1.165, 1.54) is 0 Å². The van der Waals surface area contributed by atoms with Crippen LogP contribution in [-0.2, 0) is 18.6 Å². The van der Waals surface area contributed by atoms with E-state index in [1.807, 2.05) is 0 Å². The van der Waals surface area contributed by atoms with Gasteiger partial charge >= 0.3 is 0 Å². The minimum atomic E-state index is 0. The summed E-state index contributed by atoms with van der Waals surface area (Å²) < 4.78 is 0. The Morgan fingerprint density at radius 3 is 0.667 bits per heavy atom. The van der Waals surface area contributed by atoms with Crippen LogP contribution in [0.25, 0.3) is 0 Å². The molecule has 0 aliphatic heterocycles. The summed E-state index contributed by atoms with van der Waals surface area (Å²) in [4.78, 5) is 0. The van der Waals surface area contributed by atoms with Crippen LogP contribution in [0.4, 0.5) is 0 Å². The molecule has 1 radical (unpaired) electrons. The SMILES string of the molecule is OO.[CH2-]C.[CH2-]C.[CH2-]C.[V]. The Balaban J connectivity index is -0.00000000762. The zero-order valence-electron chi connectivity index (χ0n) is 6.46. The third-order valence-electron chi connectivity index (χ3n) is 0. The predicted octanol–water partition coefficient (Wildman–Crippen LogP) is 2.54. The molecule has 0 aliphatic rings. The van der Waals surface area contributed by atoms with Gasteiger partial charge in [-0.3, -0.25) is 10.5 Å². The third kappa shape index (κ3) is 1410. The molecule has 3 heteroatoms. The van der Waals surface area contributed by atoms with Crippen molar-refractivity contribution in [1.29, 1.82) is 0 Å². The van der Waals surface area contributed by atoms with Crippen LogP contribution in [0, 0.1) is 20.8 Å². The molecule has 0 aliphatic carbocycles. The summed E-state index contributed by atoms with van der Waals surface area (Å²) >= 11 is 0. The van der Waals surface area contributed by atoms with Crippen molar-refractivity contribution < 1.29 is 29.1 Å². The van der Waals surface area contributed by atoms with Crippen molar-refractivity contribution in [2.24, 2.45) is 0 Å². The first-order chi connectivity index (χ1) is 4.00. The normalized spacial score (nSPS) is 2.67. The van der Waals surface area contributed by atoms with Crippen molar-refractivity contribution >= 4 is 0 Å². The Bertz CT molecular complexity index is 11.0. The largest absolute Gasteiger partial charge is 0.346 e. The second-order valence-corrected chi connectivity index (χ2v) is 0. The zero-order chi connectivity index (χ0) is 8.00. The summed E-state index contributed by atoms with van der Waals surface area (Å²) in [6, 6.07) is 0. The molecule has 0 bridgehead atoms. The van der Waals surface area contributed by atoms with E-state index >= 15 is 0 Å².